The Morgan fingerprint density at radius 2 is 2.03 bits per heavy atom. The number of ether oxygens (including phenoxy) is 2. The summed E-state index contributed by atoms with van der Waals surface area (Å²) in [5.41, 5.74) is 5.67. The van der Waals surface area contributed by atoms with E-state index in [4.69, 9.17) is 21.1 Å². The van der Waals surface area contributed by atoms with Gasteiger partial charge in [0, 0.05) is 24.9 Å². The van der Waals surface area contributed by atoms with E-state index in [2.05, 4.69) is 39.4 Å². The van der Waals surface area contributed by atoms with Crippen molar-refractivity contribution in [2.45, 2.75) is 13.5 Å². The van der Waals surface area contributed by atoms with Crippen LogP contribution in [0.25, 0.3) is 11.3 Å². The third-order valence-corrected chi connectivity index (χ3v) is 5.39. The Kier molecular flexibility index (Phi) is 5.57. The monoisotopic (exact) mass is 434 g/mol. The lowest BCUT2D eigenvalue weighted by Gasteiger charge is -2.15. The third-order valence-electron chi connectivity index (χ3n) is 5.13. The lowest BCUT2D eigenvalue weighted by Crippen LogP contribution is -2.06. The van der Waals surface area contributed by atoms with Crippen LogP contribution in [0, 0.1) is 0 Å². The first-order valence-corrected chi connectivity index (χ1v) is 10.1. The van der Waals surface area contributed by atoms with E-state index in [-0.39, 0.29) is 5.88 Å². The average molecular weight is 435 g/mol. The lowest BCUT2D eigenvalue weighted by atomic mass is 10.1. The molecule has 0 bridgehead atoms. The summed E-state index contributed by atoms with van der Waals surface area (Å²) < 4.78 is 11.6. The number of nitrogens with zero attached hydrogens (tertiary/aromatic N) is 3. The Morgan fingerprint density at radius 3 is 2.77 bits per heavy atom. The molecule has 0 fully saturated rings. The molecule has 0 radical (unpaired) electrons. The number of hydrogen-bond acceptors (Lipinski definition) is 6. The summed E-state index contributed by atoms with van der Waals surface area (Å²) >= 11 is 6.33. The maximum atomic E-state index is 6.33. The summed E-state index contributed by atoms with van der Waals surface area (Å²) in [5, 5.41) is 3.48. The molecule has 0 aliphatic carbocycles. The number of hydrogen-bond donors (Lipinski definition) is 1. The Bertz CT molecular complexity index is 1190. The molecule has 2 heterocycles. The normalized spacial score (nSPS) is 12.5. The van der Waals surface area contributed by atoms with E-state index in [1.165, 1.54) is 6.20 Å². The van der Waals surface area contributed by atoms with Gasteiger partial charge in [-0.25, -0.2) is 4.98 Å². The zero-order valence-electron chi connectivity index (χ0n) is 17.7. The topological polar surface area (TPSA) is 59.5 Å². The maximum Gasteiger partial charge on any atom is 0.243 e. The van der Waals surface area contributed by atoms with Crippen molar-refractivity contribution >= 4 is 34.5 Å². The molecular weight excluding hydrogens is 412 g/mol. The Balaban J connectivity index is 1.63. The number of nitrogens with one attached hydrogen (secondary N) is 1. The molecule has 2 aromatic carbocycles. The van der Waals surface area contributed by atoms with E-state index >= 15 is 0 Å². The summed E-state index contributed by atoms with van der Waals surface area (Å²) in [6.07, 6.45) is 1.51. The zero-order chi connectivity index (χ0) is 22.1. The second-order valence-electron chi connectivity index (χ2n) is 7.36. The number of allylic oxidation sites excluding steroid dienone is 1. The van der Waals surface area contributed by atoms with Crippen LogP contribution in [0.15, 0.2) is 55.8 Å². The quantitative estimate of drug-likeness (QED) is 0.504. The molecule has 0 unspecified atom stereocenters. The van der Waals surface area contributed by atoms with E-state index in [9.17, 15) is 0 Å². The smallest absolute Gasteiger partial charge is 0.243 e. The fraction of sp³-hybridized carbons (Fsp3) is 0.167. The summed E-state index contributed by atoms with van der Waals surface area (Å²) in [6.45, 7) is 10.9. The van der Waals surface area contributed by atoms with Gasteiger partial charge in [0.1, 0.15) is 16.5 Å². The number of halogens is 1. The van der Waals surface area contributed by atoms with E-state index in [0.717, 1.165) is 40.2 Å². The van der Waals surface area contributed by atoms with Crippen molar-refractivity contribution < 1.29 is 9.47 Å². The maximum absolute atomic E-state index is 6.33. The van der Waals surface area contributed by atoms with E-state index in [1.54, 1.807) is 7.11 Å². The largest absolute Gasteiger partial charge is 0.495 e. The summed E-state index contributed by atoms with van der Waals surface area (Å²) in [4.78, 5) is 10.8. The van der Waals surface area contributed by atoms with Crippen LogP contribution in [0.5, 0.6) is 17.4 Å². The minimum Gasteiger partial charge on any atom is -0.495 e. The molecule has 158 valence electrons. The van der Waals surface area contributed by atoms with Gasteiger partial charge in [-0.3, -0.25) is 0 Å². The molecule has 1 aromatic heterocycles. The van der Waals surface area contributed by atoms with Crippen molar-refractivity contribution in [3.05, 3.63) is 77.5 Å². The van der Waals surface area contributed by atoms with Crippen LogP contribution < -0.4 is 14.8 Å². The highest BCUT2D eigenvalue weighted by atomic mass is 35.5. The molecule has 1 aliphatic heterocycles. The van der Waals surface area contributed by atoms with Gasteiger partial charge in [0.25, 0.3) is 0 Å². The highest BCUT2D eigenvalue weighted by molar-refractivity contribution is 6.31. The van der Waals surface area contributed by atoms with Crippen molar-refractivity contribution in [1.82, 2.24) is 14.9 Å². The minimum absolute atomic E-state index is 0.257. The summed E-state index contributed by atoms with van der Waals surface area (Å²) in [5.74, 6) is 1.90. The fourth-order valence-corrected chi connectivity index (χ4v) is 3.56. The van der Waals surface area contributed by atoms with Gasteiger partial charge in [-0.05, 0) is 36.2 Å². The van der Waals surface area contributed by atoms with Crippen LogP contribution in [0.4, 0.5) is 11.6 Å². The standard InChI is InChI=1S/C24H23ClN4O2/c1-14(2)16-9-10-19(21(11-16)30-5)27-24-26-12-18(25)23(28-24)31-20-8-6-7-17-13-29(4)15(3)22(17)20/h6-12H,1,3,13H2,2,4-5H3,(H,26,27,28). The molecular formula is C24H23ClN4O2. The van der Waals surface area contributed by atoms with Crippen molar-refractivity contribution in [3.63, 3.8) is 0 Å². The molecule has 4 rings (SSSR count). The molecule has 0 saturated carbocycles. The van der Waals surface area contributed by atoms with Crippen LogP contribution in [-0.4, -0.2) is 29.0 Å². The van der Waals surface area contributed by atoms with E-state index in [1.807, 2.05) is 44.3 Å². The first-order chi connectivity index (χ1) is 14.9. The number of benzene rings is 2. The first-order valence-electron chi connectivity index (χ1n) is 9.71. The van der Waals surface area contributed by atoms with Crippen LogP contribution in [-0.2, 0) is 6.54 Å². The first kappa shape index (κ1) is 20.8. The number of methoxy groups -OCH3 is 1. The van der Waals surface area contributed by atoms with Crippen molar-refractivity contribution in [2.24, 2.45) is 0 Å². The molecule has 31 heavy (non-hydrogen) atoms. The molecule has 1 N–H and O–H groups in total. The van der Waals surface area contributed by atoms with Gasteiger partial charge < -0.3 is 19.7 Å². The van der Waals surface area contributed by atoms with Crippen LogP contribution in [0.1, 0.15) is 23.6 Å². The number of anilines is 2. The number of rotatable bonds is 6. The van der Waals surface area contributed by atoms with E-state index in [0.29, 0.717) is 22.5 Å². The zero-order valence-corrected chi connectivity index (χ0v) is 18.5. The number of aromatic nitrogens is 2. The van der Waals surface area contributed by atoms with Gasteiger partial charge >= 0.3 is 0 Å². The Morgan fingerprint density at radius 1 is 1.23 bits per heavy atom. The molecule has 0 atom stereocenters. The van der Waals surface area contributed by atoms with Crippen molar-refractivity contribution in [1.29, 1.82) is 0 Å². The van der Waals surface area contributed by atoms with Crippen LogP contribution in [0.3, 0.4) is 0 Å². The molecule has 0 spiro atoms. The second-order valence-corrected chi connectivity index (χ2v) is 7.77. The molecule has 6 nitrogen and oxygen atoms in total. The highest BCUT2D eigenvalue weighted by Crippen LogP contribution is 2.40. The molecule has 0 saturated heterocycles. The molecule has 0 amide bonds. The van der Waals surface area contributed by atoms with Crippen LogP contribution in [0.2, 0.25) is 5.02 Å². The van der Waals surface area contributed by atoms with Gasteiger partial charge in [0.15, 0.2) is 0 Å². The van der Waals surface area contributed by atoms with E-state index < -0.39 is 0 Å². The van der Waals surface area contributed by atoms with Crippen LogP contribution >= 0.6 is 11.6 Å². The lowest BCUT2D eigenvalue weighted by molar-refractivity contribution is 0.416. The Hall–Kier alpha value is -3.51. The number of fused-ring (bicyclic) bond motifs is 1. The minimum atomic E-state index is 0.257. The molecule has 1 aliphatic rings. The summed E-state index contributed by atoms with van der Waals surface area (Å²) in [7, 11) is 3.61. The summed E-state index contributed by atoms with van der Waals surface area (Å²) in [6, 6.07) is 11.7. The SMILES string of the molecule is C=C(C)c1ccc(Nc2ncc(Cl)c(Oc3cccc4c3C(=C)N(C)C4)n2)c(OC)c1. The van der Waals surface area contributed by atoms with Crippen molar-refractivity contribution in [3.8, 4) is 17.4 Å². The predicted molar refractivity (Wildman–Crippen MR) is 125 cm³/mol. The van der Waals surface area contributed by atoms with Gasteiger partial charge in [-0.15, -0.1) is 0 Å². The molecule has 3 aromatic rings. The predicted octanol–water partition coefficient (Wildman–Crippen LogP) is 6.12. The molecule has 7 heteroatoms. The Labute approximate surface area is 186 Å². The fourth-order valence-electron chi connectivity index (χ4n) is 3.43. The third kappa shape index (κ3) is 4.07. The van der Waals surface area contributed by atoms with Gasteiger partial charge in [0.2, 0.25) is 11.8 Å². The second kappa shape index (κ2) is 8.32. The highest BCUT2D eigenvalue weighted by Gasteiger charge is 2.24. The van der Waals surface area contributed by atoms with Gasteiger partial charge in [-0.1, -0.05) is 48.5 Å². The van der Waals surface area contributed by atoms with Gasteiger partial charge in [-0.2, -0.15) is 4.98 Å². The van der Waals surface area contributed by atoms with Crippen molar-refractivity contribution in [2.75, 3.05) is 19.5 Å². The average Bonchev–Trinajstić information content (AvgIpc) is 3.05. The van der Waals surface area contributed by atoms with Gasteiger partial charge in [0.05, 0.1) is 19.0 Å².